The number of likely N-dealkylation sites (tertiary alicyclic amines) is 1. The number of methoxy groups -OCH3 is 1. The van der Waals surface area contributed by atoms with Crippen LogP contribution >= 0.6 is 0 Å². The highest BCUT2D eigenvalue weighted by atomic mass is 16.5. The summed E-state index contributed by atoms with van der Waals surface area (Å²) in [6.45, 7) is 3.65. The largest absolute Gasteiger partial charge is 0.492 e. The van der Waals surface area contributed by atoms with Gasteiger partial charge < -0.3 is 14.4 Å². The fraction of sp³-hybridized carbons (Fsp3) is 0.417. The van der Waals surface area contributed by atoms with E-state index in [1.165, 1.54) is 5.56 Å². The monoisotopic (exact) mass is 450 g/mol. The Hall–Kier alpha value is -3.46. The summed E-state index contributed by atoms with van der Waals surface area (Å²) in [6.07, 6.45) is 2.38. The van der Waals surface area contributed by atoms with Gasteiger partial charge in [0.05, 0.1) is 7.11 Å². The molecule has 172 valence electrons. The second-order valence-electron chi connectivity index (χ2n) is 8.66. The van der Waals surface area contributed by atoms with Crippen LogP contribution in [0.15, 0.2) is 36.5 Å². The van der Waals surface area contributed by atoms with Gasteiger partial charge in [-0.1, -0.05) is 0 Å². The highest BCUT2D eigenvalue weighted by molar-refractivity contribution is 6.05. The lowest BCUT2D eigenvalue weighted by atomic mass is 9.92. The maximum Gasteiger partial charge on any atom is 0.255 e. The summed E-state index contributed by atoms with van der Waals surface area (Å²) in [4.78, 5) is 44.4. The molecular weight excluding hydrogens is 424 g/mol. The maximum atomic E-state index is 12.8. The zero-order valence-electron chi connectivity index (χ0n) is 18.5. The Morgan fingerprint density at radius 3 is 2.79 bits per heavy atom. The number of amides is 3. The van der Waals surface area contributed by atoms with Gasteiger partial charge in [0.2, 0.25) is 17.7 Å². The van der Waals surface area contributed by atoms with Crippen LogP contribution in [-0.2, 0) is 16.1 Å². The number of nitrogens with zero attached hydrogens (tertiary/aromatic N) is 3. The second-order valence-corrected chi connectivity index (χ2v) is 8.66. The number of imide groups is 1. The Morgan fingerprint density at radius 1 is 1.15 bits per heavy atom. The number of pyridine rings is 1. The lowest BCUT2D eigenvalue weighted by Crippen LogP contribution is -2.52. The van der Waals surface area contributed by atoms with Crippen LogP contribution in [0.4, 0.5) is 0 Å². The molecule has 1 atom stereocenters. The number of ether oxygens (including phenoxy) is 2. The average molecular weight is 450 g/mol. The van der Waals surface area contributed by atoms with Crippen molar-refractivity contribution >= 4 is 17.7 Å². The molecule has 0 bridgehead atoms. The van der Waals surface area contributed by atoms with E-state index in [2.05, 4.69) is 15.2 Å². The molecule has 5 rings (SSSR count). The van der Waals surface area contributed by atoms with Crippen LogP contribution in [0.25, 0.3) is 0 Å². The molecule has 33 heavy (non-hydrogen) atoms. The second kappa shape index (κ2) is 8.82. The normalized spacial score (nSPS) is 20.9. The van der Waals surface area contributed by atoms with Crippen LogP contribution in [0.3, 0.4) is 0 Å². The van der Waals surface area contributed by atoms with Gasteiger partial charge in [-0.25, -0.2) is 4.98 Å². The number of hydrogen-bond acceptors (Lipinski definition) is 7. The van der Waals surface area contributed by atoms with E-state index in [-0.39, 0.29) is 18.2 Å². The highest BCUT2D eigenvalue weighted by Gasteiger charge is 2.39. The third kappa shape index (κ3) is 4.28. The van der Waals surface area contributed by atoms with Crippen molar-refractivity contribution < 1.29 is 23.9 Å². The van der Waals surface area contributed by atoms with E-state index < -0.39 is 11.9 Å². The van der Waals surface area contributed by atoms with Crippen molar-refractivity contribution in [2.24, 2.45) is 0 Å². The molecule has 1 N–H and O–H groups in total. The first-order chi connectivity index (χ1) is 16.0. The molecule has 3 aliphatic rings. The van der Waals surface area contributed by atoms with Gasteiger partial charge in [-0.3, -0.25) is 24.6 Å². The first-order valence-electron chi connectivity index (χ1n) is 11.1. The zero-order valence-corrected chi connectivity index (χ0v) is 18.5. The van der Waals surface area contributed by atoms with Crippen LogP contribution in [-0.4, -0.2) is 71.9 Å². The van der Waals surface area contributed by atoms with E-state index >= 15 is 0 Å². The molecule has 9 heteroatoms. The van der Waals surface area contributed by atoms with Crippen molar-refractivity contribution in [3.8, 4) is 11.6 Å². The third-order valence-electron chi connectivity index (χ3n) is 6.57. The molecule has 2 aromatic rings. The molecular formula is C24H26N4O5. The number of fused-ring (bicyclic) bond motifs is 1. The number of carbonyl (C=O) groups is 3. The van der Waals surface area contributed by atoms with Gasteiger partial charge in [0.15, 0.2) is 0 Å². The minimum atomic E-state index is -0.605. The molecule has 1 aromatic heterocycles. The van der Waals surface area contributed by atoms with Crippen LogP contribution in [0, 0.1) is 0 Å². The first-order valence-corrected chi connectivity index (χ1v) is 11.1. The van der Waals surface area contributed by atoms with Gasteiger partial charge in [-0.15, -0.1) is 0 Å². The average Bonchev–Trinajstić information content (AvgIpc) is 3.11. The molecule has 3 amide bonds. The van der Waals surface area contributed by atoms with Crippen LogP contribution in [0.1, 0.15) is 40.2 Å². The summed E-state index contributed by atoms with van der Waals surface area (Å²) in [6, 6.07) is 8.85. The summed E-state index contributed by atoms with van der Waals surface area (Å²) in [5.74, 6) is 0.965. The number of hydrogen-bond donors (Lipinski definition) is 1. The minimum Gasteiger partial charge on any atom is -0.492 e. The molecule has 3 aliphatic heterocycles. The summed E-state index contributed by atoms with van der Waals surface area (Å²) >= 11 is 0. The quantitative estimate of drug-likeness (QED) is 0.635. The number of rotatable bonds is 7. The van der Waals surface area contributed by atoms with Crippen molar-refractivity contribution in [3.63, 3.8) is 0 Å². The number of aromatic nitrogens is 1. The fourth-order valence-electron chi connectivity index (χ4n) is 4.69. The molecule has 4 heterocycles. The van der Waals surface area contributed by atoms with E-state index in [9.17, 15) is 14.4 Å². The maximum absolute atomic E-state index is 12.8. The number of carbonyl (C=O) groups excluding carboxylic acids is 3. The van der Waals surface area contributed by atoms with Crippen molar-refractivity contribution in [1.29, 1.82) is 0 Å². The van der Waals surface area contributed by atoms with Crippen LogP contribution < -0.4 is 14.8 Å². The molecule has 0 radical (unpaired) electrons. The topological polar surface area (TPSA) is 101 Å². The Morgan fingerprint density at radius 2 is 2.00 bits per heavy atom. The smallest absolute Gasteiger partial charge is 0.255 e. The fourth-order valence-corrected chi connectivity index (χ4v) is 4.69. The van der Waals surface area contributed by atoms with Gasteiger partial charge in [-0.05, 0) is 41.8 Å². The van der Waals surface area contributed by atoms with Gasteiger partial charge in [0, 0.05) is 56.3 Å². The van der Waals surface area contributed by atoms with E-state index in [1.54, 1.807) is 30.3 Å². The van der Waals surface area contributed by atoms with Crippen molar-refractivity contribution in [3.05, 3.63) is 53.2 Å². The standard InChI is InChI=1S/C24H26N4O5/c1-32-22-11-15(6-7-25-22)17-12-27(13-17)8-9-33-18-2-3-19-16(10-18)14-28(24(19)31)20-4-5-21(29)26-23(20)30/h2-3,6-7,10-11,17,20H,4-5,8-9,12-14H2,1H3,(H,26,29,30). The molecule has 0 aliphatic carbocycles. The van der Waals surface area contributed by atoms with Crippen molar-refractivity contribution in [1.82, 2.24) is 20.1 Å². The lowest BCUT2D eigenvalue weighted by molar-refractivity contribution is -0.136. The summed E-state index contributed by atoms with van der Waals surface area (Å²) in [7, 11) is 1.62. The number of benzene rings is 1. The molecule has 9 nitrogen and oxygen atoms in total. The highest BCUT2D eigenvalue weighted by Crippen LogP contribution is 2.31. The molecule has 0 spiro atoms. The number of nitrogens with one attached hydrogen (secondary N) is 1. The third-order valence-corrected chi connectivity index (χ3v) is 6.57. The molecule has 1 unspecified atom stereocenters. The predicted molar refractivity (Wildman–Crippen MR) is 118 cm³/mol. The minimum absolute atomic E-state index is 0.176. The Labute approximate surface area is 191 Å². The molecule has 0 saturated carbocycles. The summed E-state index contributed by atoms with van der Waals surface area (Å²) < 4.78 is 11.1. The van der Waals surface area contributed by atoms with E-state index in [1.807, 2.05) is 18.2 Å². The Kier molecular flexibility index (Phi) is 5.72. The summed E-state index contributed by atoms with van der Waals surface area (Å²) in [5.41, 5.74) is 2.67. The SMILES string of the molecule is COc1cc(C2CN(CCOc3ccc4c(c3)CN(C3CCC(=O)NC3=O)C4=O)C2)ccn1. The summed E-state index contributed by atoms with van der Waals surface area (Å²) in [5, 5.41) is 2.32. The lowest BCUT2D eigenvalue weighted by Gasteiger charge is -2.39. The van der Waals surface area contributed by atoms with Gasteiger partial charge >= 0.3 is 0 Å². The van der Waals surface area contributed by atoms with Crippen LogP contribution in [0.2, 0.25) is 0 Å². The van der Waals surface area contributed by atoms with E-state index in [4.69, 9.17) is 9.47 Å². The number of piperidine rings is 1. The van der Waals surface area contributed by atoms with E-state index in [0.29, 0.717) is 42.7 Å². The Bertz CT molecular complexity index is 1100. The van der Waals surface area contributed by atoms with Crippen molar-refractivity contribution in [2.75, 3.05) is 33.4 Å². The molecule has 1 aromatic carbocycles. The van der Waals surface area contributed by atoms with Gasteiger partial charge in [-0.2, -0.15) is 0 Å². The zero-order chi connectivity index (χ0) is 22.9. The van der Waals surface area contributed by atoms with Gasteiger partial charge in [0.1, 0.15) is 18.4 Å². The van der Waals surface area contributed by atoms with Gasteiger partial charge in [0.25, 0.3) is 5.91 Å². The van der Waals surface area contributed by atoms with E-state index in [0.717, 1.165) is 25.2 Å². The first kappa shape index (κ1) is 21.4. The van der Waals surface area contributed by atoms with Crippen molar-refractivity contribution in [2.45, 2.75) is 31.3 Å². The Balaban J connectivity index is 1.12. The van der Waals surface area contributed by atoms with Crippen LogP contribution in [0.5, 0.6) is 11.6 Å². The predicted octanol–water partition coefficient (Wildman–Crippen LogP) is 1.33. The molecule has 2 saturated heterocycles. The molecule has 2 fully saturated rings.